The number of carbonyl (C=O) groups is 1. The summed E-state index contributed by atoms with van der Waals surface area (Å²) < 4.78 is 32.4. The summed E-state index contributed by atoms with van der Waals surface area (Å²) in [5, 5.41) is 2.83. The highest BCUT2D eigenvalue weighted by Gasteiger charge is 2.52. The minimum atomic E-state index is -2.73. The third-order valence-corrected chi connectivity index (χ3v) is 3.41. The van der Waals surface area contributed by atoms with Crippen molar-refractivity contribution in [3.05, 3.63) is 0 Å². The number of carbonyl (C=O) groups excluding carboxylic acids is 1. The van der Waals surface area contributed by atoms with Gasteiger partial charge >= 0.3 is 6.09 Å². The molecular formula is C12H20F2N2O2. The Morgan fingerprint density at radius 2 is 2.11 bits per heavy atom. The van der Waals surface area contributed by atoms with Crippen molar-refractivity contribution in [2.24, 2.45) is 5.92 Å². The molecule has 0 spiro atoms. The fourth-order valence-electron chi connectivity index (χ4n) is 2.51. The number of nitrogens with zero attached hydrogens (tertiary/aromatic N) is 1. The lowest BCUT2D eigenvalue weighted by molar-refractivity contribution is -0.0528. The zero-order valence-electron chi connectivity index (χ0n) is 11.0. The van der Waals surface area contributed by atoms with Crippen LogP contribution in [0.3, 0.4) is 0 Å². The van der Waals surface area contributed by atoms with Crippen LogP contribution in [0.4, 0.5) is 13.6 Å². The van der Waals surface area contributed by atoms with Crippen LogP contribution in [0, 0.1) is 5.92 Å². The molecule has 0 radical (unpaired) electrons. The molecule has 2 unspecified atom stereocenters. The van der Waals surface area contributed by atoms with Crippen molar-refractivity contribution in [2.45, 2.75) is 44.8 Å². The molecule has 0 aromatic rings. The molecule has 2 heterocycles. The zero-order chi connectivity index (χ0) is 13.6. The number of ether oxygens (including phenoxy) is 1. The minimum absolute atomic E-state index is 0.0690. The molecule has 2 atom stereocenters. The van der Waals surface area contributed by atoms with Gasteiger partial charge in [0.05, 0.1) is 12.5 Å². The topological polar surface area (TPSA) is 41.6 Å². The van der Waals surface area contributed by atoms with Crippen LogP contribution in [0.5, 0.6) is 0 Å². The quantitative estimate of drug-likeness (QED) is 0.724. The molecular weight excluding hydrogens is 242 g/mol. The lowest BCUT2D eigenvalue weighted by Gasteiger charge is -2.37. The molecule has 2 fully saturated rings. The number of alkyl halides is 2. The molecule has 0 aromatic heterocycles. The molecule has 4 nitrogen and oxygen atoms in total. The summed E-state index contributed by atoms with van der Waals surface area (Å²) in [6.07, 6.45) is 0.0584. The van der Waals surface area contributed by atoms with E-state index in [0.717, 1.165) is 0 Å². The largest absolute Gasteiger partial charge is 0.444 e. The van der Waals surface area contributed by atoms with E-state index in [4.69, 9.17) is 4.74 Å². The van der Waals surface area contributed by atoms with E-state index in [2.05, 4.69) is 5.32 Å². The van der Waals surface area contributed by atoms with Crippen molar-refractivity contribution >= 4 is 6.09 Å². The Morgan fingerprint density at radius 3 is 2.72 bits per heavy atom. The van der Waals surface area contributed by atoms with Gasteiger partial charge in [-0.25, -0.2) is 13.6 Å². The summed E-state index contributed by atoms with van der Waals surface area (Å²) >= 11 is 0. The lowest BCUT2D eigenvalue weighted by atomic mass is 9.91. The fraction of sp³-hybridized carbons (Fsp3) is 0.917. The van der Waals surface area contributed by atoms with Crippen molar-refractivity contribution < 1.29 is 18.3 Å². The van der Waals surface area contributed by atoms with E-state index in [1.807, 2.05) is 0 Å². The highest BCUT2D eigenvalue weighted by atomic mass is 19.3. The van der Waals surface area contributed by atoms with Gasteiger partial charge in [0.25, 0.3) is 5.92 Å². The predicted molar refractivity (Wildman–Crippen MR) is 62.7 cm³/mol. The number of halogens is 2. The maximum atomic E-state index is 13.6. The first-order chi connectivity index (χ1) is 8.19. The number of fused-ring (bicyclic) bond motifs is 1. The van der Waals surface area contributed by atoms with E-state index in [-0.39, 0.29) is 19.1 Å². The summed E-state index contributed by atoms with van der Waals surface area (Å²) in [7, 11) is 0. The molecule has 0 bridgehead atoms. The Balaban J connectivity index is 1.99. The molecule has 2 saturated heterocycles. The van der Waals surface area contributed by atoms with Crippen molar-refractivity contribution in [1.82, 2.24) is 10.2 Å². The monoisotopic (exact) mass is 262 g/mol. The molecule has 2 rings (SSSR count). The Bertz CT molecular complexity index is 341. The Labute approximate surface area is 106 Å². The number of hydrogen-bond donors (Lipinski definition) is 1. The number of hydrogen-bond acceptors (Lipinski definition) is 3. The van der Waals surface area contributed by atoms with Gasteiger partial charge in [-0.3, -0.25) is 0 Å². The zero-order valence-corrected chi connectivity index (χ0v) is 11.0. The molecule has 18 heavy (non-hydrogen) atoms. The molecule has 6 heteroatoms. The summed E-state index contributed by atoms with van der Waals surface area (Å²) in [6, 6.07) is -0.182. The third kappa shape index (κ3) is 2.74. The SMILES string of the molecule is CC(C)(C)OC(=O)N1CCC2NCC(F)(F)C2C1. The van der Waals surface area contributed by atoms with E-state index in [9.17, 15) is 13.6 Å². The van der Waals surface area contributed by atoms with Gasteiger partial charge in [0.15, 0.2) is 0 Å². The van der Waals surface area contributed by atoms with E-state index >= 15 is 0 Å². The highest BCUT2D eigenvalue weighted by Crippen LogP contribution is 2.36. The minimum Gasteiger partial charge on any atom is -0.444 e. The average molecular weight is 262 g/mol. The van der Waals surface area contributed by atoms with E-state index < -0.39 is 23.5 Å². The Kier molecular flexibility index (Phi) is 3.25. The van der Waals surface area contributed by atoms with Crippen LogP contribution in [0.15, 0.2) is 0 Å². The summed E-state index contributed by atoms with van der Waals surface area (Å²) in [4.78, 5) is 13.2. The highest BCUT2D eigenvalue weighted by molar-refractivity contribution is 5.68. The number of piperidine rings is 1. The van der Waals surface area contributed by atoms with E-state index in [0.29, 0.717) is 13.0 Å². The molecule has 0 aromatic carbocycles. The maximum absolute atomic E-state index is 13.6. The summed E-state index contributed by atoms with van der Waals surface area (Å²) in [5.74, 6) is -3.52. The van der Waals surface area contributed by atoms with Crippen LogP contribution in [0.25, 0.3) is 0 Å². The van der Waals surface area contributed by atoms with Gasteiger partial charge in [-0.2, -0.15) is 0 Å². The van der Waals surface area contributed by atoms with Crippen molar-refractivity contribution in [2.75, 3.05) is 19.6 Å². The smallest absolute Gasteiger partial charge is 0.410 e. The van der Waals surface area contributed by atoms with E-state index in [1.54, 1.807) is 20.8 Å². The van der Waals surface area contributed by atoms with Crippen molar-refractivity contribution in [3.63, 3.8) is 0 Å². The lowest BCUT2D eigenvalue weighted by Crippen LogP contribution is -2.51. The first-order valence-corrected chi connectivity index (χ1v) is 6.28. The Hall–Kier alpha value is -0.910. The van der Waals surface area contributed by atoms with E-state index in [1.165, 1.54) is 4.90 Å². The molecule has 1 amide bonds. The number of likely N-dealkylation sites (tertiary alicyclic amines) is 1. The second kappa shape index (κ2) is 4.33. The fourth-order valence-corrected chi connectivity index (χ4v) is 2.51. The molecule has 1 N–H and O–H groups in total. The van der Waals surface area contributed by atoms with Gasteiger partial charge < -0.3 is 15.0 Å². The number of amides is 1. The van der Waals surface area contributed by atoms with Gasteiger partial charge in [0, 0.05) is 19.1 Å². The van der Waals surface area contributed by atoms with Gasteiger partial charge in [0.2, 0.25) is 0 Å². The Morgan fingerprint density at radius 1 is 1.44 bits per heavy atom. The normalized spacial score (nSPS) is 31.1. The molecule has 0 aliphatic carbocycles. The summed E-state index contributed by atoms with van der Waals surface area (Å²) in [5.41, 5.74) is -0.593. The second-order valence-corrected chi connectivity index (χ2v) is 6.07. The van der Waals surface area contributed by atoms with Gasteiger partial charge in [0.1, 0.15) is 5.60 Å². The van der Waals surface area contributed by atoms with Crippen molar-refractivity contribution in [1.29, 1.82) is 0 Å². The average Bonchev–Trinajstić information content (AvgIpc) is 2.52. The molecule has 104 valence electrons. The number of rotatable bonds is 0. The van der Waals surface area contributed by atoms with Crippen LogP contribution >= 0.6 is 0 Å². The number of nitrogens with one attached hydrogen (secondary N) is 1. The first-order valence-electron chi connectivity index (χ1n) is 6.28. The van der Waals surface area contributed by atoms with Gasteiger partial charge in [-0.1, -0.05) is 0 Å². The second-order valence-electron chi connectivity index (χ2n) is 6.07. The van der Waals surface area contributed by atoms with Crippen LogP contribution in [0.2, 0.25) is 0 Å². The predicted octanol–water partition coefficient (Wildman–Crippen LogP) is 1.85. The molecule has 2 aliphatic rings. The van der Waals surface area contributed by atoms with Crippen LogP contribution in [0.1, 0.15) is 27.2 Å². The van der Waals surface area contributed by atoms with Crippen LogP contribution in [-0.4, -0.2) is 48.2 Å². The third-order valence-electron chi connectivity index (χ3n) is 3.41. The summed E-state index contributed by atoms with van der Waals surface area (Å²) in [6.45, 7) is 5.55. The van der Waals surface area contributed by atoms with Gasteiger partial charge in [-0.15, -0.1) is 0 Å². The molecule has 0 saturated carbocycles. The van der Waals surface area contributed by atoms with Crippen molar-refractivity contribution in [3.8, 4) is 0 Å². The molecule has 2 aliphatic heterocycles. The van der Waals surface area contributed by atoms with Gasteiger partial charge in [-0.05, 0) is 27.2 Å². The standard InChI is InChI=1S/C12H20F2N2O2/c1-11(2,3)18-10(17)16-5-4-9-8(6-16)12(13,14)7-15-9/h8-9,15H,4-7H2,1-3H3. The van der Waals surface area contributed by atoms with Crippen LogP contribution in [-0.2, 0) is 4.74 Å². The van der Waals surface area contributed by atoms with Crippen LogP contribution < -0.4 is 5.32 Å². The first kappa shape index (κ1) is 13.5. The maximum Gasteiger partial charge on any atom is 0.410 e.